The highest BCUT2D eigenvalue weighted by atomic mass is 16.5. The number of fused-ring (bicyclic) bond motifs is 1. The van der Waals surface area contributed by atoms with Crippen LogP contribution in [0.4, 0.5) is 0 Å². The summed E-state index contributed by atoms with van der Waals surface area (Å²) in [5.74, 6) is -0.499. The number of H-pyrrole nitrogens is 2. The fourth-order valence-corrected chi connectivity index (χ4v) is 5.48. The Bertz CT molecular complexity index is 1800. The van der Waals surface area contributed by atoms with Gasteiger partial charge in [0.05, 0.1) is 13.2 Å². The van der Waals surface area contributed by atoms with Crippen molar-refractivity contribution in [2.24, 2.45) is 0 Å². The number of hydrogen-bond acceptors (Lipinski definition) is 7. The molecule has 4 amide bonds. The Kier molecular flexibility index (Phi) is 13.8. The van der Waals surface area contributed by atoms with Gasteiger partial charge >= 0.3 is 0 Å². The van der Waals surface area contributed by atoms with Crippen molar-refractivity contribution < 1.29 is 33.4 Å². The van der Waals surface area contributed by atoms with Crippen molar-refractivity contribution >= 4 is 23.6 Å². The topological polar surface area (TPSA) is 176 Å². The summed E-state index contributed by atoms with van der Waals surface area (Å²) in [6.07, 6.45) is 1.26. The number of aromatic amines is 2. The second-order valence-corrected chi connectivity index (χ2v) is 11.8. The minimum Gasteiger partial charge on any atom is -0.484 e. The summed E-state index contributed by atoms with van der Waals surface area (Å²) in [6, 6.07) is 19.1. The second-order valence-electron chi connectivity index (χ2n) is 11.8. The largest absolute Gasteiger partial charge is 0.484 e. The zero-order valence-electron chi connectivity index (χ0n) is 30.0. The zero-order chi connectivity index (χ0) is 36.9. The molecule has 2 unspecified atom stereocenters. The number of hydrogen-bond donors (Lipinski definition) is 6. The summed E-state index contributed by atoms with van der Waals surface area (Å²) in [5.41, 5.74) is 5.43. The average molecular weight is 701 g/mol. The van der Waals surface area contributed by atoms with E-state index in [9.17, 15) is 19.2 Å². The van der Waals surface area contributed by atoms with E-state index in [1.165, 1.54) is 12.6 Å². The smallest absolute Gasteiger partial charge is 0.271 e. The summed E-state index contributed by atoms with van der Waals surface area (Å²) in [7, 11) is 3.07. The standard InChI is InChI=1S/C19H23N3O4.C19H25N3O3/c1-4-21-18(23)15-8-16(17(22-15)19(24)20-3)26-11(2)12-5-6-13-9-25-10-14(13)7-12;1-4-9-15(13-10-7-6-8-11-13)25-16-12-14(18(23)21-5-2)22-17(16)19(24)20-3/h5-8,11,22H,4,9-10H2,1-3H3,(H,20,24)(H,21,23);6-8,10-12,15,22H,4-5,9H2,1-3H3,(H,20,24)(H,21,23). The first-order valence-electron chi connectivity index (χ1n) is 17.2. The monoisotopic (exact) mass is 700 g/mol. The summed E-state index contributed by atoms with van der Waals surface area (Å²) in [6.45, 7) is 9.90. The number of rotatable bonds is 14. The minimum absolute atomic E-state index is 0.188. The molecule has 6 N–H and O–H groups in total. The predicted molar refractivity (Wildman–Crippen MR) is 193 cm³/mol. The van der Waals surface area contributed by atoms with Gasteiger partial charge < -0.3 is 45.4 Å². The van der Waals surface area contributed by atoms with Crippen molar-refractivity contribution in [3.05, 3.63) is 106 Å². The third kappa shape index (κ3) is 9.79. The Morgan fingerprint density at radius 3 is 1.78 bits per heavy atom. The van der Waals surface area contributed by atoms with Crippen LogP contribution < -0.4 is 30.7 Å². The molecule has 0 radical (unpaired) electrons. The van der Waals surface area contributed by atoms with E-state index < -0.39 is 0 Å². The molecule has 13 heteroatoms. The first-order valence-corrected chi connectivity index (χ1v) is 17.2. The Morgan fingerprint density at radius 1 is 0.706 bits per heavy atom. The lowest BCUT2D eigenvalue weighted by molar-refractivity contribution is 0.0934. The highest BCUT2D eigenvalue weighted by molar-refractivity contribution is 6.00. The summed E-state index contributed by atoms with van der Waals surface area (Å²) >= 11 is 0. The van der Waals surface area contributed by atoms with Crippen molar-refractivity contribution in [2.45, 2.75) is 66.0 Å². The van der Waals surface area contributed by atoms with Crippen LogP contribution in [0, 0.1) is 0 Å². The van der Waals surface area contributed by atoms with E-state index in [1.54, 1.807) is 19.2 Å². The SMILES string of the molecule is CCCC(Oc1cc(C(=O)NCC)[nH]c1C(=O)NC)c1ccccc1.CCNC(=O)c1cc(OC(C)c2ccc3c(c2)COC3)c(C(=O)NC)[nH]1. The molecule has 4 aromatic rings. The summed E-state index contributed by atoms with van der Waals surface area (Å²) in [4.78, 5) is 54.1. The molecule has 5 rings (SSSR count). The minimum atomic E-state index is -0.342. The molecular formula is C38H48N6O7. The Hall–Kier alpha value is -5.56. The number of carbonyl (C=O) groups excluding carboxylic acids is 4. The Balaban J connectivity index is 0.000000229. The molecule has 0 saturated carbocycles. The van der Waals surface area contributed by atoms with Gasteiger partial charge in [-0.3, -0.25) is 19.2 Å². The van der Waals surface area contributed by atoms with E-state index >= 15 is 0 Å². The van der Waals surface area contributed by atoms with Crippen LogP contribution in [-0.4, -0.2) is 60.8 Å². The molecule has 3 heterocycles. The maximum atomic E-state index is 12.1. The van der Waals surface area contributed by atoms with Gasteiger partial charge in [0.15, 0.2) is 11.5 Å². The number of amides is 4. The number of benzene rings is 2. The van der Waals surface area contributed by atoms with Crippen LogP contribution >= 0.6 is 0 Å². The molecule has 1 aliphatic rings. The number of ether oxygens (including phenoxy) is 3. The highest BCUT2D eigenvalue weighted by Crippen LogP contribution is 2.31. The molecule has 13 nitrogen and oxygen atoms in total. The zero-order valence-corrected chi connectivity index (χ0v) is 30.0. The Morgan fingerprint density at radius 2 is 1.25 bits per heavy atom. The Labute approximate surface area is 298 Å². The normalized spacial score (nSPS) is 12.7. The number of nitrogens with one attached hydrogen (secondary N) is 6. The van der Waals surface area contributed by atoms with Gasteiger partial charge in [-0.25, -0.2) is 0 Å². The lowest BCUT2D eigenvalue weighted by Gasteiger charge is -2.19. The van der Waals surface area contributed by atoms with Crippen LogP contribution in [-0.2, 0) is 18.0 Å². The number of carbonyl (C=O) groups is 4. The van der Waals surface area contributed by atoms with E-state index in [0.717, 1.165) is 29.5 Å². The van der Waals surface area contributed by atoms with Crippen LogP contribution in [0.25, 0.3) is 0 Å². The first kappa shape index (κ1) is 38.2. The maximum absolute atomic E-state index is 12.1. The molecule has 272 valence electrons. The van der Waals surface area contributed by atoms with Gasteiger partial charge in [0, 0.05) is 39.3 Å². The molecule has 2 aromatic carbocycles. The summed E-state index contributed by atoms with van der Waals surface area (Å²) in [5, 5.41) is 10.5. The van der Waals surface area contributed by atoms with Crippen molar-refractivity contribution in [1.82, 2.24) is 31.2 Å². The maximum Gasteiger partial charge on any atom is 0.271 e. The number of aromatic nitrogens is 2. The van der Waals surface area contributed by atoms with Crippen molar-refractivity contribution in [2.75, 3.05) is 27.2 Å². The van der Waals surface area contributed by atoms with Gasteiger partial charge in [0.1, 0.15) is 35.0 Å². The third-order valence-corrected chi connectivity index (χ3v) is 8.15. The molecule has 0 aliphatic carbocycles. The van der Waals surface area contributed by atoms with Crippen molar-refractivity contribution in [3.63, 3.8) is 0 Å². The van der Waals surface area contributed by atoms with Gasteiger partial charge in [-0.15, -0.1) is 0 Å². The van der Waals surface area contributed by atoms with E-state index in [4.69, 9.17) is 14.2 Å². The molecule has 2 aromatic heterocycles. The summed E-state index contributed by atoms with van der Waals surface area (Å²) < 4.78 is 17.6. The quantitative estimate of drug-likeness (QED) is 0.103. The van der Waals surface area contributed by atoms with E-state index in [1.807, 2.05) is 63.2 Å². The molecule has 1 aliphatic heterocycles. The van der Waals surface area contributed by atoms with Crippen molar-refractivity contribution in [1.29, 1.82) is 0 Å². The van der Waals surface area contributed by atoms with Gasteiger partial charge in [0.25, 0.3) is 23.6 Å². The molecule has 51 heavy (non-hydrogen) atoms. The van der Waals surface area contributed by atoms with Crippen LogP contribution in [0.5, 0.6) is 11.5 Å². The van der Waals surface area contributed by atoms with Crippen LogP contribution in [0.15, 0.2) is 60.7 Å². The van der Waals surface area contributed by atoms with Gasteiger partial charge in [-0.05, 0) is 55.5 Å². The fraction of sp³-hybridized carbons (Fsp3) is 0.368. The second kappa shape index (κ2) is 18.4. The van der Waals surface area contributed by atoms with Gasteiger partial charge in [-0.1, -0.05) is 55.8 Å². The molecular weight excluding hydrogens is 652 g/mol. The van der Waals surface area contributed by atoms with E-state index in [0.29, 0.717) is 43.5 Å². The third-order valence-electron chi connectivity index (χ3n) is 8.15. The average Bonchev–Trinajstić information content (AvgIpc) is 3.90. The highest BCUT2D eigenvalue weighted by Gasteiger charge is 2.24. The first-order chi connectivity index (χ1) is 24.6. The molecule has 0 fully saturated rings. The predicted octanol–water partition coefficient (Wildman–Crippen LogP) is 5.34. The van der Waals surface area contributed by atoms with Crippen LogP contribution in [0.1, 0.15) is 117 Å². The fourth-order valence-electron chi connectivity index (χ4n) is 5.48. The van der Waals surface area contributed by atoms with Crippen LogP contribution in [0.3, 0.4) is 0 Å². The van der Waals surface area contributed by atoms with Gasteiger partial charge in [0.2, 0.25) is 0 Å². The van der Waals surface area contributed by atoms with Gasteiger partial charge in [-0.2, -0.15) is 0 Å². The lowest BCUT2D eigenvalue weighted by Crippen LogP contribution is -2.23. The molecule has 2 atom stereocenters. The molecule has 0 bridgehead atoms. The van der Waals surface area contributed by atoms with E-state index in [-0.39, 0.29) is 52.9 Å². The molecule has 0 spiro atoms. The lowest BCUT2D eigenvalue weighted by atomic mass is 10.0. The molecule has 0 saturated heterocycles. The van der Waals surface area contributed by atoms with Crippen LogP contribution in [0.2, 0.25) is 0 Å². The van der Waals surface area contributed by atoms with Crippen molar-refractivity contribution in [3.8, 4) is 11.5 Å². The van der Waals surface area contributed by atoms with E-state index in [2.05, 4.69) is 44.2 Å².